The van der Waals surface area contributed by atoms with Crippen molar-refractivity contribution in [3.63, 3.8) is 0 Å². The van der Waals surface area contributed by atoms with Crippen molar-refractivity contribution in [2.45, 2.75) is 39.8 Å². The predicted molar refractivity (Wildman–Crippen MR) is 110 cm³/mol. The zero-order chi connectivity index (χ0) is 21.2. The van der Waals surface area contributed by atoms with E-state index in [1.807, 2.05) is 32.9 Å². The van der Waals surface area contributed by atoms with E-state index in [2.05, 4.69) is 0 Å². The van der Waals surface area contributed by atoms with E-state index in [-0.39, 0.29) is 30.6 Å². The summed E-state index contributed by atoms with van der Waals surface area (Å²) in [6.07, 6.45) is 0.352. The fourth-order valence-electron chi connectivity index (χ4n) is 3.86. The number of hydrogen-bond donors (Lipinski definition) is 0. The van der Waals surface area contributed by atoms with E-state index >= 15 is 0 Å². The Hall–Kier alpha value is -2.41. The van der Waals surface area contributed by atoms with Gasteiger partial charge in [-0.2, -0.15) is 0 Å². The van der Waals surface area contributed by atoms with Crippen LogP contribution in [0.1, 0.15) is 28.7 Å². The normalized spacial score (nSPS) is 17.9. The van der Waals surface area contributed by atoms with Crippen molar-refractivity contribution in [1.82, 2.24) is 4.90 Å². The third-order valence-corrected chi connectivity index (χ3v) is 6.96. The Morgan fingerprint density at radius 1 is 1.17 bits per heavy atom. The van der Waals surface area contributed by atoms with Crippen molar-refractivity contribution in [3.05, 3.63) is 64.5 Å². The summed E-state index contributed by atoms with van der Waals surface area (Å²) < 4.78 is 43.9. The Kier molecular flexibility index (Phi) is 6.27. The minimum absolute atomic E-state index is 0.0148. The molecule has 1 aliphatic rings. The molecule has 0 N–H and O–H groups in total. The van der Waals surface area contributed by atoms with Gasteiger partial charge in [0.1, 0.15) is 11.6 Å². The highest BCUT2D eigenvalue weighted by Crippen LogP contribution is 2.26. The highest BCUT2D eigenvalue weighted by Gasteiger charge is 2.35. The Labute approximate surface area is 171 Å². The number of sulfone groups is 1. The van der Waals surface area contributed by atoms with Crippen LogP contribution in [-0.4, -0.2) is 43.4 Å². The highest BCUT2D eigenvalue weighted by atomic mass is 32.2. The topological polar surface area (TPSA) is 63.7 Å². The van der Waals surface area contributed by atoms with E-state index in [9.17, 15) is 17.6 Å². The maximum absolute atomic E-state index is 14.2. The molecule has 1 fully saturated rings. The summed E-state index contributed by atoms with van der Waals surface area (Å²) in [6, 6.07) is 9.70. The zero-order valence-electron chi connectivity index (χ0n) is 16.9. The van der Waals surface area contributed by atoms with Crippen LogP contribution in [0.2, 0.25) is 0 Å². The molecule has 0 spiro atoms. The van der Waals surface area contributed by atoms with Crippen LogP contribution in [0.5, 0.6) is 5.75 Å². The average molecular weight is 420 g/mol. The SMILES string of the molecule is Cc1cc(C)c(OCC(=O)N(Cc2ccccc2F)[C@@H]2CCS(=O)(=O)C2)c(C)c1. The van der Waals surface area contributed by atoms with Crippen LogP contribution >= 0.6 is 0 Å². The number of halogens is 1. The summed E-state index contributed by atoms with van der Waals surface area (Å²) in [5, 5.41) is 0. The average Bonchev–Trinajstić information content (AvgIpc) is 2.99. The van der Waals surface area contributed by atoms with Gasteiger partial charge in [-0.3, -0.25) is 4.79 Å². The van der Waals surface area contributed by atoms with Gasteiger partial charge < -0.3 is 9.64 Å². The molecule has 0 bridgehead atoms. The number of rotatable bonds is 6. The first-order chi connectivity index (χ1) is 13.7. The fraction of sp³-hybridized carbons (Fsp3) is 0.409. The molecule has 1 saturated heterocycles. The van der Waals surface area contributed by atoms with E-state index in [4.69, 9.17) is 4.74 Å². The third-order valence-electron chi connectivity index (χ3n) is 5.21. The lowest BCUT2D eigenvalue weighted by Gasteiger charge is -2.29. The molecular formula is C22H26FNO4S. The van der Waals surface area contributed by atoms with Crippen LogP contribution in [-0.2, 0) is 21.2 Å². The predicted octanol–water partition coefficient (Wildman–Crippen LogP) is 3.35. The van der Waals surface area contributed by atoms with Gasteiger partial charge in [0.2, 0.25) is 0 Å². The molecule has 29 heavy (non-hydrogen) atoms. The van der Waals surface area contributed by atoms with E-state index in [1.165, 1.54) is 11.0 Å². The Balaban J connectivity index is 1.80. The molecule has 0 unspecified atom stereocenters. The lowest BCUT2D eigenvalue weighted by Crippen LogP contribution is -2.43. The Morgan fingerprint density at radius 3 is 2.41 bits per heavy atom. The summed E-state index contributed by atoms with van der Waals surface area (Å²) in [4.78, 5) is 14.4. The van der Waals surface area contributed by atoms with Gasteiger partial charge in [-0.15, -0.1) is 0 Å². The molecule has 1 heterocycles. The zero-order valence-corrected chi connectivity index (χ0v) is 17.8. The van der Waals surface area contributed by atoms with Crippen molar-refractivity contribution in [2.75, 3.05) is 18.1 Å². The fourth-order valence-corrected chi connectivity index (χ4v) is 5.59. The van der Waals surface area contributed by atoms with Crippen LogP contribution in [0.25, 0.3) is 0 Å². The standard InChI is InChI=1S/C22H26FNO4S/c1-15-10-16(2)22(17(3)11-15)28-13-21(25)24(19-8-9-29(26,27)14-19)12-18-6-4-5-7-20(18)23/h4-7,10-11,19H,8-9,12-14H2,1-3H3/t19-/m1/s1. The highest BCUT2D eigenvalue weighted by molar-refractivity contribution is 7.91. The van der Waals surface area contributed by atoms with Crippen molar-refractivity contribution in [2.24, 2.45) is 0 Å². The van der Waals surface area contributed by atoms with E-state index in [0.717, 1.165) is 16.7 Å². The van der Waals surface area contributed by atoms with Gasteiger partial charge in [0.15, 0.2) is 16.4 Å². The first-order valence-corrected chi connectivity index (χ1v) is 11.4. The molecule has 156 valence electrons. The van der Waals surface area contributed by atoms with Crippen LogP contribution in [0.3, 0.4) is 0 Å². The van der Waals surface area contributed by atoms with E-state index in [0.29, 0.717) is 17.7 Å². The number of carbonyl (C=O) groups is 1. The van der Waals surface area contributed by atoms with Crippen LogP contribution in [0.15, 0.2) is 36.4 Å². The van der Waals surface area contributed by atoms with Gasteiger partial charge >= 0.3 is 0 Å². The second-order valence-corrected chi connectivity index (χ2v) is 9.92. The molecule has 7 heteroatoms. The molecule has 1 amide bonds. The van der Waals surface area contributed by atoms with Crippen LogP contribution < -0.4 is 4.74 Å². The molecule has 5 nitrogen and oxygen atoms in total. The van der Waals surface area contributed by atoms with Gasteiger partial charge in [-0.05, 0) is 44.4 Å². The summed E-state index contributed by atoms with van der Waals surface area (Å²) in [5.74, 6) is -0.188. The van der Waals surface area contributed by atoms with E-state index < -0.39 is 21.7 Å². The summed E-state index contributed by atoms with van der Waals surface area (Å²) in [7, 11) is -3.19. The van der Waals surface area contributed by atoms with Gasteiger partial charge in [0, 0.05) is 18.2 Å². The number of hydrogen-bond acceptors (Lipinski definition) is 4. The molecule has 0 aromatic heterocycles. The lowest BCUT2D eigenvalue weighted by atomic mass is 10.1. The maximum atomic E-state index is 14.2. The molecule has 2 aromatic carbocycles. The summed E-state index contributed by atoms with van der Waals surface area (Å²) >= 11 is 0. The number of benzene rings is 2. The van der Waals surface area contributed by atoms with Gasteiger partial charge in [-0.1, -0.05) is 35.9 Å². The molecule has 0 aliphatic carbocycles. The molecule has 3 rings (SSSR count). The minimum Gasteiger partial charge on any atom is -0.483 e. The molecule has 1 atom stereocenters. The van der Waals surface area contributed by atoms with Crippen molar-refractivity contribution >= 4 is 15.7 Å². The molecule has 0 saturated carbocycles. The molecule has 1 aliphatic heterocycles. The smallest absolute Gasteiger partial charge is 0.261 e. The number of nitrogens with zero attached hydrogens (tertiary/aromatic N) is 1. The second-order valence-electron chi connectivity index (χ2n) is 7.69. The van der Waals surface area contributed by atoms with Crippen LogP contribution in [0, 0.1) is 26.6 Å². The van der Waals surface area contributed by atoms with Crippen molar-refractivity contribution < 1.29 is 22.3 Å². The van der Waals surface area contributed by atoms with Gasteiger partial charge in [0.25, 0.3) is 5.91 Å². The molecule has 0 radical (unpaired) electrons. The Bertz CT molecular complexity index is 996. The lowest BCUT2D eigenvalue weighted by molar-refractivity contribution is -0.136. The van der Waals surface area contributed by atoms with Crippen molar-refractivity contribution in [3.8, 4) is 5.75 Å². The first kappa shape index (κ1) is 21.3. The summed E-state index contributed by atoms with van der Waals surface area (Å²) in [5.41, 5.74) is 3.32. The number of carbonyl (C=O) groups excluding carboxylic acids is 1. The van der Waals surface area contributed by atoms with Gasteiger partial charge in [0.05, 0.1) is 11.5 Å². The van der Waals surface area contributed by atoms with Crippen molar-refractivity contribution in [1.29, 1.82) is 0 Å². The first-order valence-electron chi connectivity index (χ1n) is 9.60. The Morgan fingerprint density at radius 2 is 1.83 bits per heavy atom. The monoisotopic (exact) mass is 419 g/mol. The van der Waals surface area contributed by atoms with E-state index in [1.54, 1.807) is 18.2 Å². The van der Waals surface area contributed by atoms with Gasteiger partial charge in [-0.25, -0.2) is 12.8 Å². The number of ether oxygens (including phenoxy) is 1. The molecule has 2 aromatic rings. The third kappa shape index (κ3) is 5.15. The minimum atomic E-state index is -3.19. The quantitative estimate of drug-likeness (QED) is 0.720. The number of aryl methyl sites for hydroxylation is 3. The largest absolute Gasteiger partial charge is 0.483 e. The number of amides is 1. The summed E-state index contributed by atoms with van der Waals surface area (Å²) in [6.45, 7) is 5.61. The second kappa shape index (κ2) is 8.53. The maximum Gasteiger partial charge on any atom is 0.261 e. The molecular weight excluding hydrogens is 393 g/mol. The van der Waals surface area contributed by atoms with Crippen LogP contribution in [0.4, 0.5) is 4.39 Å².